The van der Waals surface area contributed by atoms with Crippen molar-refractivity contribution in [3.8, 4) is 0 Å². The number of hydrogen-bond donors (Lipinski definition) is 1. The number of likely N-dealkylation sites (tertiary alicyclic amines) is 1. The molecule has 1 atom stereocenters. The lowest BCUT2D eigenvalue weighted by Gasteiger charge is -2.27. The van der Waals surface area contributed by atoms with E-state index in [1.807, 2.05) is 34.6 Å². The minimum Gasteiger partial charge on any atom is -0.444 e. The number of aromatic amines is 1. The van der Waals surface area contributed by atoms with Gasteiger partial charge in [0.05, 0.1) is 11.7 Å². The lowest BCUT2D eigenvalue weighted by atomic mass is 10.2. The first kappa shape index (κ1) is 13.9. The maximum atomic E-state index is 12.2. The Morgan fingerprint density at radius 2 is 2.11 bits per heavy atom. The summed E-state index contributed by atoms with van der Waals surface area (Å²) in [5.74, 6) is 0.873. The van der Waals surface area contributed by atoms with Gasteiger partial charge in [-0.2, -0.15) is 0 Å². The van der Waals surface area contributed by atoms with E-state index in [1.54, 1.807) is 4.90 Å². The van der Waals surface area contributed by atoms with E-state index in [0.717, 1.165) is 36.6 Å². The molecule has 0 unspecified atom stereocenters. The lowest BCUT2D eigenvalue weighted by molar-refractivity contribution is 0.0218. The summed E-state index contributed by atoms with van der Waals surface area (Å²) in [6.45, 7) is 10.4. The lowest BCUT2D eigenvalue weighted by Crippen LogP contribution is -2.36. The summed E-state index contributed by atoms with van der Waals surface area (Å²) in [7, 11) is 0. The number of ether oxygens (including phenoxy) is 1. The van der Waals surface area contributed by atoms with Gasteiger partial charge in [0.2, 0.25) is 0 Å². The Morgan fingerprint density at radius 3 is 2.63 bits per heavy atom. The highest BCUT2D eigenvalue weighted by Gasteiger charge is 2.34. The predicted molar refractivity (Wildman–Crippen MR) is 73.0 cm³/mol. The van der Waals surface area contributed by atoms with Gasteiger partial charge >= 0.3 is 6.09 Å². The number of aryl methyl sites for hydroxylation is 2. The molecule has 2 rings (SSSR count). The molecular weight excluding hydrogens is 242 g/mol. The van der Waals surface area contributed by atoms with Gasteiger partial charge in [0, 0.05) is 12.2 Å². The second-order valence-corrected chi connectivity index (χ2v) is 6.16. The van der Waals surface area contributed by atoms with Crippen molar-refractivity contribution < 1.29 is 9.53 Å². The summed E-state index contributed by atoms with van der Waals surface area (Å²) in [5, 5.41) is 0. The third-order valence-electron chi connectivity index (χ3n) is 3.34. The van der Waals surface area contributed by atoms with Crippen LogP contribution in [0.1, 0.15) is 56.9 Å². The van der Waals surface area contributed by atoms with Crippen LogP contribution in [0.5, 0.6) is 0 Å². The van der Waals surface area contributed by atoms with Gasteiger partial charge in [0.15, 0.2) is 0 Å². The van der Waals surface area contributed by atoms with E-state index >= 15 is 0 Å². The zero-order valence-electron chi connectivity index (χ0n) is 12.4. The van der Waals surface area contributed by atoms with E-state index in [1.165, 1.54) is 0 Å². The number of aromatic nitrogens is 2. The maximum Gasteiger partial charge on any atom is 0.410 e. The summed E-state index contributed by atoms with van der Waals surface area (Å²) in [6.07, 6.45) is 1.68. The van der Waals surface area contributed by atoms with Gasteiger partial charge in [-0.25, -0.2) is 9.78 Å². The summed E-state index contributed by atoms with van der Waals surface area (Å²) in [6, 6.07) is 0.0160. The van der Waals surface area contributed by atoms with Gasteiger partial charge < -0.3 is 9.72 Å². The van der Waals surface area contributed by atoms with Gasteiger partial charge in [0.1, 0.15) is 11.4 Å². The first-order valence-corrected chi connectivity index (χ1v) is 6.80. The van der Waals surface area contributed by atoms with E-state index in [0.29, 0.717) is 0 Å². The van der Waals surface area contributed by atoms with Crippen LogP contribution in [0.3, 0.4) is 0 Å². The highest BCUT2D eigenvalue weighted by atomic mass is 16.6. The molecule has 0 saturated carbocycles. The van der Waals surface area contributed by atoms with Crippen molar-refractivity contribution in [2.75, 3.05) is 6.54 Å². The topological polar surface area (TPSA) is 58.2 Å². The zero-order chi connectivity index (χ0) is 14.2. The van der Waals surface area contributed by atoms with Crippen LogP contribution in [0.15, 0.2) is 0 Å². The molecule has 1 aromatic rings. The second kappa shape index (κ2) is 4.87. The minimum absolute atomic E-state index is 0.0160. The Kier molecular flexibility index (Phi) is 3.56. The Hall–Kier alpha value is -1.52. The molecule has 106 valence electrons. The summed E-state index contributed by atoms with van der Waals surface area (Å²) >= 11 is 0. The summed E-state index contributed by atoms with van der Waals surface area (Å²) < 4.78 is 5.46. The summed E-state index contributed by atoms with van der Waals surface area (Å²) in [4.78, 5) is 21.8. The second-order valence-electron chi connectivity index (χ2n) is 6.16. The van der Waals surface area contributed by atoms with Crippen LogP contribution in [0.2, 0.25) is 0 Å². The molecule has 0 radical (unpaired) electrons. The zero-order valence-corrected chi connectivity index (χ0v) is 12.4. The molecule has 1 aliphatic heterocycles. The molecule has 0 bridgehead atoms. The van der Waals surface area contributed by atoms with Crippen molar-refractivity contribution in [1.82, 2.24) is 14.9 Å². The number of carbonyl (C=O) groups excluding carboxylic acids is 1. The molecule has 1 saturated heterocycles. The number of hydrogen-bond acceptors (Lipinski definition) is 3. The quantitative estimate of drug-likeness (QED) is 0.848. The number of amides is 1. The van der Waals surface area contributed by atoms with Crippen LogP contribution in [-0.2, 0) is 4.74 Å². The minimum atomic E-state index is -0.459. The van der Waals surface area contributed by atoms with Crippen LogP contribution < -0.4 is 0 Å². The maximum absolute atomic E-state index is 12.2. The van der Waals surface area contributed by atoms with Gasteiger partial charge in [0.25, 0.3) is 0 Å². The molecule has 19 heavy (non-hydrogen) atoms. The largest absolute Gasteiger partial charge is 0.444 e. The molecule has 2 heterocycles. The molecule has 5 nitrogen and oxygen atoms in total. The number of nitrogens with zero attached hydrogens (tertiary/aromatic N) is 2. The van der Waals surface area contributed by atoms with Gasteiger partial charge in [-0.3, -0.25) is 4.90 Å². The predicted octanol–water partition coefficient (Wildman–Crippen LogP) is 3.10. The Morgan fingerprint density at radius 1 is 1.42 bits per heavy atom. The molecule has 5 heteroatoms. The van der Waals surface area contributed by atoms with Gasteiger partial charge in [-0.1, -0.05) is 0 Å². The van der Waals surface area contributed by atoms with Crippen LogP contribution in [0.25, 0.3) is 0 Å². The normalized spacial score (nSPS) is 19.8. The van der Waals surface area contributed by atoms with E-state index in [-0.39, 0.29) is 12.1 Å². The average Bonchev–Trinajstić information content (AvgIpc) is 2.83. The number of carbonyl (C=O) groups is 1. The Labute approximate surface area is 114 Å². The SMILES string of the molecule is Cc1nc([C@H]2CCCN2C(=O)OC(C)(C)C)[nH]c1C. The average molecular weight is 265 g/mol. The van der Waals surface area contributed by atoms with Crippen molar-refractivity contribution in [3.63, 3.8) is 0 Å². The molecule has 0 spiro atoms. The molecule has 1 fully saturated rings. The first-order chi connectivity index (χ1) is 8.78. The first-order valence-electron chi connectivity index (χ1n) is 6.80. The Bertz CT molecular complexity index is 454. The van der Waals surface area contributed by atoms with Crippen LogP contribution in [0, 0.1) is 13.8 Å². The van der Waals surface area contributed by atoms with Gasteiger partial charge in [-0.15, -0.1) is 0 Å². The van der Waals surface area contributed by atoms with Crippen molar-refractivity contribution in [3.05, 3.63) is 17.2 Å². The smallest absolute Gasteiger partial charge is 0.410 e. The van der Waals surface area contributed by atoms with Crippen LogP contribution >= 0.6 is 0 Å². The highest BCUT2D eigenvalue weighted by Crippen LogP contribution is 2.31. The van der Waals surface area contributed by atoms with Gasteiger partial charge in [-0.05, 0) is 47.5 Å². The Balaban J connectivity index is 2.15. The molecule has 1 aliphatic rings. The molecular formula is C14H23N3O2. The van der Waals surface area contributed by atoms with E-state index in [9.17, 15) is 4.79 Å². The van der Waals surface area contributed by atoms with E-state index in [4.69, 9.17) is 4.74 Å². The van der Waals surface area contributed by atoms with Crippen molar-refractivity contribution >= 4 is 6.09 Å². The van der Waals surface area contributed by atoms with Crippen LogP contribution in [0.4, 0.5) is 4.79 Å². The molecule has 0 aliphatic carbocycles. The fourth-order valence-electron chi connectivity index (χ4n) is 2.32. The number of imidazole rings is 1. The van der Waals surface area contributed by atoms with E-state index < -0.39 is 5.60 Å². The molecule has 1 aromatic heterocycles. The number of H-pyrrole nitrogens is 1. The molecule has 1 N–H and O–H groups in total. The summed E-state index contributed by atoms with van der Waals surface area (Å²) in [5.41, 5.74) is 1.59. The molecule has 1 amide bonds. The van der Waals surface area contributed by atoms with E-state index in [2.05, 4.69) is 9.97 Å². The number of rotatable bonds is 1. The monoisotopic (exact) mass is 265 g/mol. The fraction of sp³-hybridized carbons (Fsp3) is 0.714. The van der Waals surface area contributed by atoms with Crippen molar-refractivity contribution in [2.24, 2.45) is 0 Å². The van der Waals surface area contributed by atoms with Crippen molar-refractivity contribution in [2.45, 2.75) is 59.1 Å². The van der Waals surface area contributed by atoms with Crippen molar-refractivity contribution in [1.29, 1.82) is 0 Å². The third-order valence-corrected chi connectivity index (χ3v) is 3.34. The highest BCUT2D eigenvalue weighted by molar-refractivity contribution is 5.69. The third kappa shape index (κ3) is 3.08. The number of nitrogens with one attached hydrogen (secondary N) is 1. The standard InChI is InChI=1S/C14H23N3O2/c1-9-10(2)16-12(15-9)11-7-6-8-17(11)13(18)19-14(3,4)5/h11H,6-8H2,1-5H3,(H,15,16)/t11-/m1/s1. The van der Waals surface area contributed by atoms with Crippen LogP contribution in [-0.4, -0.2) is 33.1 Å². The fourth-order valence-corrected chi connectivity index (χ4v) is 2.32. The molecule has 0 aromatic carbocycles.